The Morgan fingerprint density at radius 2 is 0.831 bits per heavy atom. The van der Waals surface area contributed by atoms with E-state index in [0.29, 0.717) is 30.9 Å². The molecule has 0 saturated carbocycles. The van der Waals surface area contributed by atoms with Crippen LogP contribution in [0.15, 0.2) is 14.5 Å². The van der Waals surface area contributed by atoms with Crippen molar-refractivity contribution in [3.8, 4) is 0 Å². The number of Topliss-reactive ketones (excluding diaryl/α,β-unsaturated/α-hetero) is 1. The summed E-state index contributed by atoms with van der Waals surface area (Å²) in [5.41, 5.74) is 0.226. The molecule has 0 saturated heterocycles. The zero-order valence-corrected chi connectivity index (χ0v) is 50.3. The number of hydrogen-bond acceptors (Lipinski definition) is 31. The average Bonchev–Trinajstić information content (AvgIpc) is 3.11. The molecule has 1 aromatic rings. The lowest BCUT2D eigenvalue weighted by atomic mass is 10.1. The summed E-state index contributed by atoms with van der Waals surface area (Å²) < 4.78 is 114. The number of likely N-dealkylation sites (N-methyl/N-ethyl adjacent to an activating group) is 1. The summed E-state index contributed by atoms with van der Waals surface area (Å²) in [6.45, 7) is 15.2. The average molecular weight is 1250 g/mol. The zero-order chi connectivity index (χ0) is 63.6. The molecule has 83 heavy (non-hydrogen) atoms. The Morgan fingerprint density at radius 1 is 0.542 bits per heavy atom. The molecule has 0 spiro atoms. The number of fused-ring (bicyclic) bond motifs is 1. The van der Waals surface area contributed by atoms with Gasteiger partial charge in [0.15, 0.2) is 82.8 Å². The lowest BCUT2D eigenvalue weighted by Gasteiger charge is -2.32. The summed E-state index contributed by atoms with van der Waals surface area (Å²) in [7, 11) is -7.11. The maximum absolute atomic E-state index is 13.5. The molecule has 0 aromatic carbocycles. The quantitative estimate of drug-likeness (QED) is 0.0517. The standard InChI is InChI=1S/C49H70N2O29S3/c1-15-50-35-20-51(17-16-18-69-14)83(67,68)49-34(35)19-37(81-49)82(65,66)21-36(53)23(3)70-39(55)25(5)72-41(57)27(7)74-43(59)29(9)76-45(61)31(11)78-47(63)33(13)80-48(64)32(12)79-46(62)30(10)77-44(60)28(8)75-42(58)26(6)73-40(56)24(4)71-38(54)22(2)52/h19,22-33,35,50,52H,15-18,20-21H2,1-14H3/t22-,23-,24-,25-,26-,27-,28-,29-,30-,31-,32-,33-,35-/m0/s1. The fraction of sp³-hybridized carbons (Fsp3) is 0.673. The van der Waals surface area contributed by atoms with Crippen molar-refractivity contribution in [3.63, 3.8) is 0 Å². The molecule has 13 atom stereocenters. The lowest BCUT2D eigenvalue weighted by molar-refractivity contribution is -0.190. The van der Waals surface area contributed by atoms with Gasteiger partial charge >= 0.3 is 65.7 Å². The van der Waals surface area contributed by atoms with Crippen molar-refractivity contribution >= 4 is 103 Å². The molecule has 0 unspecified atom stereocenters. The maximum Gasteiger partial charge on any atom is 0.347 e. The second-order valence-corrected chi connectivity index (χ2v) is 23.8. The smallest absolute Gasteiger partial charge is 0.347 e. The molecule has 31 nitrogen and oxygen atoms in total. The summed E-state index contributed by atoms with van der Waals surface area (Å²) in [6, 6.07) is 0.648. The van der Waals surface area contributed by atoms with Gasteiger partial charge in [0.25, 0.3) is 10.0 Å². The molecule has 0 aliphatic carbocycles. The molecular weight excluding hydrogens is 1180 g/mol. The molecule has 2 heterocycles. The van der Waals surface area contributed by atoms with E-state index in [0.717, 1.165) is 83.1 Å². The summed E-state index contributed by atoms with van der Waals surface area (Å²) in [5.74, 6) is -16.4. The number of nitrogens with zero attached hydrogens (tertiary/aromatic N) is 1. The second kappa shape index (κ2) is 32.4. The number of ether oxygens (including phenoxy) is 12. The van der Waals surface area contributed by atoms with Gasteiger partial charge in [0.05, 0.1) is 0 Å². The van der Waals surface area contributed by atoms with Crippen molar-refractivity contribution in [1.29, 1.82) is 0 Å². The minimum Gasteiger partial charge on any atom is -0.452 e. The van der Waals surface area contributed by atoms with Crippen molar-refractivity contribution in [2.24, 2.45) is 0 Å². The molecule has 1 aliphatic heterocycles. The highest BCUT2D eigenvalue weighted by Crippen LogP contribution is 2.40. The van der Waals surface area contributed by atoms with E-state index in [2.05, 4.69) is 10.1 Å². The van der Waals surface area contributed by atoms with Crippen LogP contribution in [0, 0.1) is 0 Å². The van der Waals surface area contributed by atoms with Crippen LogP contribution >= 0.6 is 11.3 Å². The van der Waals surface area contributed by atoms with Crippen LogP contribution in [-0.4, -0.2) is 210 Å². The monoisotopic (exact) mass is 1250 g/mol. The van der Waals surface area contributed by atoms with E-state index in [4.69, 9.17) is 52.1 Å². The maximum atomic E-state index is 13.5. The van der Waals surface area contributed by atoms with E-state index in [-0.39, 0.29) is 22.9 Å². The number of ketones is 1. The number of aliphatic hydroxyl groups excluding tert-OH is 1. The topological polar surface area (TPSA) is 419 Å². The Hall–Kier alpha value is -6.72. The number of carbonyl (C=O) groups is 12. The molecule has 1 aliphatic rings. The molecule has 2 N–H and O–H groups in total. The number of rotatable bonds is 32. The highest BCUT2D eigenvalue weighted by Gasteiger charge is 2.41. The first-order valence-corrected chi connectivity index (χ1v) is 29.4. The number of carbonyl (C=O) groups excluding carboxylic acids is 12. The summed E-state index contributed by atoms with van der Waals surface area (Å²) in [5, 5.41) is 12.4. The number of sulfone groups is 1. The molecular formula is C49H70N2O29S3. The summed E-state index contributed by atoms with van der Waals surface area (Å²) >= 11 is 0.486. The first kappa shape index (κ1) is 72.4. The van der Waals surface area contributed by atoms with Crippen LogP contribution in [0.25, 0.3) is 0 Å². The number of hydrogen-bond donors (Lipinski definition) is 2. The number of sulfonamides is 1. The van der Waals surface area contributed by atoms with E-state index in [1.165, 1.54) is 17.5 Å². The normalized spacial score (nSPS) is 18.2. The summed E-state index contributed by atoms with van der Waals surface area (Å²) in [6.07, 6.45) is -19.9. The van der Waals surface area contributed by atoms with Crippen molar-refractivity contribution in [3.05, 3.63) is 11.6 Å². The Labute approximate surface area is 481 Å². The zero-order valence-electron chi connectivity index (χ0n) is 47.9. The van der Waals surface area contributed by atoms with E-state index in [9.17, 15) is 79.5 Å². The van der Waals surface area contributed by atoms with Crippen molar-refractivity contribution < 1.29 is 136 Å². The van der Waals surface area contributed by atoms with Crippen LogP contribution in [-0.2, 0) is 134 Å². The van der Waals surface area contributed by atoms with E-state index in [1.807, 2.05) is 0 Å². The largest absolute Gasteiger partial charge is 0.452 e. The molecule has 2 rings (SSSR count). The molecule has 468 valence electrons. The number of nitrogens with one attached hydrogen (secondary N) is 1. The van der Waals surface area contributed by atoms with Crippen LogP contribution in [0.4, 0.5) is 0 Å². The molecule has 0 bridgehead atoms. The first-order chi connectivity index (χ1) is 38.4. The Balaban J connectivity index is 1.84. The minimum absolute atomic E-state index is 0.0287. The molecule has 1 aromatic heterocycles. The third-order valence-electron chi connectivity index (χ3n) is 11.2. The fourth-order valence-corrected chi connectivity index (χ4v) is 11.7. The van der Waals surface area contributed by atoms with Gasteiger partial charge in [-0.3, -0.25) is 4.79 Å². The predicted molar refractivity (Wildman–Crippen MR) is 276 cm³/mol. The van der Waals surface area contributed by atoms with Gasteiger partial charge in [-0.2, -0.15) is 4.31 Å². The lowest BCUT2D eigenvalue weighted by Crippen LogP contribution is -2.43. The van der Waals surface area contributed by atoms with Crippen LogP contribution < -0.4 is 5.32 Å². The highest BCUT2D eigenvalue weighted by atomic mass is 32.3. The highest BCUT2D eigenvalue weighted by molar-refractivity contribution is 7.95. The molecule has 0 amide bonds. The molecule has 34 heteroatoms. The van der Waals surface area contributed by atoms with Crippen molar-refractivity contribution in [2.45, 2.75) is 184 Å². The van der Waals surface area contributed by atoms with Crippen LogP contribution in [0.5, 0.6) is 0 Å². The van der Waals surface area contributed by atoms with E-state index < -0.39 is 181 Å². The van der Waals surface area contributed by atoms with E-state index >= 15 is 0 Å². The van der Waals surface area contributed by atoms with Crippen molar-refractivity contribution in [2.75, 3.05) is 39.1 Å². The van der Waals surface area contributed by atoms with Crippen molar-refractivity contribution in [1.82, 2.24) is 9.62 Å². The van der Waals surface area contributed by atoms with E-state index in [1.54, 1.807) is 6.92 Å². The number of thiophene rings is 1. The number of methoxy groups -OCH3 is 1. The first-order valence-electron chi connectivity index (χ1n) is 25.4. The summed E-state index contributed by atoms with van der Waals surface area (Å²) in [4.78, 5) is 151. The Bertz CT molecular complexity index is 2780. The fourth-order valence-electron chi connectivity index (χ4n) is 6.39. The van der Waals surface area contributed by atoms with Gasteiger partial charge in [0.1, 0.15) is 20.3 Å². The predicted octanol–water partition coefficient (Wildman–Crippen LogP) is -0.588. The van der Waals surface area contributed by atoms with Gasteiger partial charge in [-0.05, 0) is 102 Å². The third-order valence-corrected chi connectivity index (χ3v) is 17.0. The number of esters is 11. The Kier molecular flexibility index (Phi) is 28.2. The van der Waals surface area contributed by atoms with Crippen LogP contribution in [0.2, 0.25) is 0 Å². The Morgan fingerprint density at radius 3 is 1.11 bits per heavy atom. The van der Waals surface area contributed by atoms with Gasteiger partial charge in [-0.25, -0.2) is 69.6 Å². The van der Waals surface area contributed by atoms with Gasteiger partial charge in [0, 0.05) is 38.4 Å². The molecule has 0 fully saturated rings. The SMILES string of the molecule is CCN[C@H]1CN(CCCOC)S(=O)(=O)c2sc(S(=O)(=O)CC(=O)[C@H](C)OC(=O)[C@H](C)OC(=O)[C@H](C)OC(=O)[C@H](C)OC(=O)[C@H](C)OC(=O)[C@H](C)OC(=O)[C@H](C)OC(=O)[C@H](C)OC(=O)[C@H](C)OC(=O)[C@H](C)OC(=O)[C@H](C)OC(=O)[C@H](C)O)cc21. The number of aliphatic hydroxyl groups is 1. The van der Waals surface area contributed by atoms with Gasteiger partial charge < -0.3 is 67.3 Å². The minimum atomic E-state index is -4.48. The van der Waals surface area contributed by atoms with Gasteiger partial charge in [-0.15, -0.1) is 11.3 Å². The van der Waals surface area contributed by atoms with Crippen LogP contribution in [0.1, 0.15) is 108 Å². The third kappa shape index (κ3) is 21.8. The van der Waals surface area contributed by atoms with Gasteiger partial charge in [-0.1, -0.05) is 6.92 Å². The second-order valence-electron chi connectivity index (χ2n) is 18.4. The van der Waals surface area contributed by atoms with Gasteiger partial charge in [0.2, 0.25) is 0 Å². The molecule has 0 radical (unpaired) electrons. The van der Waals surface area contributed by atoms with Crippen LogP contribution in [0.3, 0.4) is 0 Å².